The molecule has 5 heteroatoms. The number of carbonyl (C=O) groups excluding carboxylic acids is 1. The average molecular weight is 245 g/mol. The molecule has 0 atom stereocenters. The van der Waals surface area contributed by atoms with Gasteiger partial charge in [0, 0.05) is 18.0 Å². The fourth-order valence-corrected chi connectivity index (χ4v) is 1.34. The SMILES string of the molecule is Cc1noc(C)c1CNC(=O)C(C)(C)CCl. The number of carbonyl (C=O) groups is 1. The molecule has 0 aliphatic carbocycles. The molecule has 0 fully saturated rings. The standard InChI is InChI=1S/C11H17ClN2O2/c1-7-9(8(2)16-14-7)5-13-10(15)11(3,4)6-12/h5-6H2,1-4H3,(H,13,15). The molecule has 0 aromatic carbocycles. The highest BCUT2D eigenvalue weighted by molar-refractivity contribution is 6.19. The molecule has 4 nitrogen and oxygen atoms in total. The van der Waals surface area contributed by atoms with Gasteiger partial charge in [0.15, 0.2) is 0 Å². The number of halogens is 1. The van der Waals surface area contributed by atoms with Crippen molar-refractivity contribution in [1.29, 1.82) is 0 Å². The van der Waals surface area contributed by atoms with Crippen LogP contribution in [0.2, 0.25) is 0 Å². The summed E-state index contributed by atoms with van der Waals surface area (Å²) in [6.45, 7) is 7.73. The highest BCUT2D eigenvalue weighted by Gasteiger charge is 2.26. The van der Waals surface area contributed by atoms with Crippen molar-refractivity contribution in [3.05, 3.63) is 17.0 Å². The summed E-state index contributed by atoms with van der Waals surface area (Å²) >= 11 is 5.72. The van der Waals surface area contributed by atoms with Crippen LogP contribution in [0, 0.1) is 19.3 Å². The van der Waals surface area contributed by atoms with E-state index in [0.717, 1.165) is 17.0 Å². The van der Waals surface area contributed by atoms with Crippen LogP contribution in [0.25, 0.3) is 0 Å². The van der Waals surface area contributed by atoms with Crippen LogP contribution in [-0.2, 0) is 11.3 Å². The lowest BCUT2D eigenvalue weighted by Gasteiger charge is -2.20. The van der Waals surface area contributed by atoms with Crippen molar-refractivity contribution in [3.8, 4) is 0 Å². The second-order valence-electron chi connectivity index (χ2n) is 4.50. The van der Waals surface area contributed by atoms with Gasteiger partial charge in [-0.1, -0.05) is 5.16 Å². The number of hydrogen-bond acceptors (Lipinski definition) is 3. The second kappa shape index (κ2) is 4.87. The van der Waals surface area contributed by atoms with Crippen LogP contribution in [0.3, 0.4) is 0 Å². The third kappa shape index (κ3) is 2.76. The zero-order valence-corrected chi connectivity index (χ0v) is 10.8. The van der Waals surface area contributed by atoms with E-state index in [4.69, 9.17) is 16.1 Å². The molecule has 0 aliphatic rings. The quantitative estimate of drug-likeness (QED) is 0.826. The van der Waals surface area contributed by atoms with E-state index >= 15 is 0 Å². The van der Waals surface area contributed by atoms with Gasteiger partial charge in [-0.15, -0.1) is 11.6 Å². The van der Waals surface area contributed by atoms with Crippen LogP contribution in [0.5, 0.6) is 0 Å². The zero-order valence-electron chi connectivity index (χ0n) is 10.1. The second-order valence-corrected chi connectivity index (χ2v) is 4.77. The van der Waals surface area contributed by atoms with Crippen LogP contribution in [-0.4, -0.2) is 16.9 Å². The van der Waals surface area contributed by atoms with E-state index in [9.17, 15) is 4.79 Å². The molecule has 1 aromatic heterocycles. The summed E-state index contributed by atoms with van der Waals surface area (Å²) in [4.78, 5) is 11.8. The molecule has 1 rings (SSSR count). The van der Waals surface area contributed by atoms with Crippen molar-refractivity contribution in [3.63, 3.8) is 0 Å². The molecule has 1 aromatic rings. The van der Waals surface area contributed by atoms with Gasteiger partial charge in [0.25, 0.3) is 0 Å². The Bertz CT molecular complexity index is 366. The Morgan fingerprint density at radius 1 is 1.50 bits per heavy atom. The molecule has 90 valence electrons. The van der Waals surface area contributed by atoms with E-state index in [1.54, 1.807) is 0 Å². The van der Waals surface area contributed by atoms with Gasteiger partial charge >= 0.3 is 0 Å². The largest absolute Gasteiger partial charge is 0.361 e. The molecule has 0 spiro atoms. The summed E-state index contributed by atoms with van der Waals surface area (Å²) in [5, 5.41) is 6.66. The highest BCUT2D eigenvalue weighted by Crippen LogP contribution is 2.18. The first-order valence-electron chi connectivity index (χ1n) is 5.14. The maximum absolute atomic E-state index is 11.8. The summed E-state index contributed by atoms with van der Waals surface area (Å²) in [5.74, 6) is 0.962. The fourth-order valence-electron chi connectivity index (χ4n) is 1.22. The molecular formula is C11H17ClN2O2. The first kappa shape index (κ1) is 13.0. The van der Waals surface area contributed by atoms with Gasteiger partial charge in [-0.3, -0.25) is 4.79 Å². The Morgan fingerprint density at radius 2 is 2.12 bits per heavy atom. The highest BCUT2D eigenvalue weighted by atomic mass is 35.5. The lowest BCUT2D eigenvalue weighted by molar-refractivity contribution is -0.128. The van der Waals surface area contributed by atoms with Gasteiger partial charge in [-0.2, -0.15) is 0 Å². The Labute approximate surface area is 100 Å². The lowest BCUT2D eigenvalue weighted by Crippen LogP contribution is -2.37. The first-order valence-corrected chi connectivity index (χ1v) is 5.68. The van der Waals surface area contributed by atoms with Crippen molar-refractivity contribution in [2.75, 3.05) is 5.88 Å². The number of nitrogens with one attached hydrogen (secondary N) is 1. The first-order chi connectivity index (χ1) is 7.38. The monoisotopic (exact) mass is 244 g/mol. The minimum absolute atomic E-state index is 0.0671. The molecule has 0 aliphatic heterocycles. The third-order valence-corrected chi connectivity index (χ3v) is 3.22. The number of nitrogens with zero attached hydrogens (tertiary/aromatic N) is 1. The third-order valence-electron chi connectivity index (χ3n) is 2.56. The van der Waals surface area contributed by atoms with Crippen LogP contribution in [0.4, 0.5) is 0 Å². The number of aromatic nitrogens is 1. The number of rotatable bonds is 4. The van der Waals surface area contributed by atoms with E-state index in [1.165, 1.54) is 0 Å². The molecule has 1 N–H and O–H groups in total. The summed E-state index contributed by atoms with van der Waals surface area (Å²) in [6, 6.07) is 0. The van der Waals surface area contributed by atoms with Gasteiger partial charge in [0.05, 0.1) is 11.1 Å². The van der Waals surface area contributed by atoms with Gasteiger partial charge < -0.3 is 9.84 Å². The zero-order chi connectivity index (χ0) is 12.3. The van der Waals surface area contributed by atoms with Crippen molar-refractivity contribution < 1.29 is 9.32 Å². The Morgan fingerprint density at radius 3 is 2.56 bits per heavy atom. The molecule has 0 saturated carbocycles. The number of alkyl halides is 1. The molecule has 0 unspecified atom stereocenters. The summed E-state index contributed by atoms with van der Waals surface area (Å²) in [6.07, 6.45) is 0. The predicted octanol–water partition coefficient (Wildman–Crippen LogP) is 2.17. The molecular weight excluding hydrogens is 228 g/mol. The van der Waals surface area contributed by atoms with Gasteiger partial charge in [-0.25, -0.2) is 0 Å². The Balaban J connectivity index is 2.62. The Kier molecular flexibility index (Phi) is 3.97. The Hall–Kier alpha value is -1.03. The van der Waals surface area contributed by atoms with Crippen molar-refractivity contribution in [2.45, 2.75) is 34.2 Å². The summed E-state index contributed by atoms with van der Waals surface area (Å²) in [5.41, 5.74) is 1.18. The molecule has 1 heterocycles. The smallest absolute Gasteiger partial charge is 0.227 e. The van der Waals surface area contributed by atoms with Crippen molar-refractivity contribution in [2.24, 2.45) is 5.41 Å². The van der Waals surface area contributed by atoms with Crippen LogP contribution in [0.1, 0.15) is 30.9 Å². The van der Waals surface area contributed by atoms with Gasteiger partial charge in [0.1, 0.15) is 5.76 Å². The van der Waals surface area contributed by atoms with E-state index in [1.807, 2.05) is 27.7 Å². The van der Waals surface area contributed by atoms with Gasteiger partial charge in [-0.05, 0) is 27.7 Å². The van der Waals surface area contributed by atoms with Crippen molar-refractivity contribution >= 4 is 17.5 Å². The van der Waals surface area contributed by atoms with Crippen LogP contribution >= 0.6 is 11.6 Å². The maximum atomic E-state index is 11.8. The van der Waals surface area contributed by atoms with Crippen LogP contribution < -0.4 is 5.32 Å². The van der Waals surface area contributed by atoms with Crippen molar-refractivity contribution in [1.82, 2.24) is 10.5 Å². The number of hydrogen-bond donors (Lipinski definition) is 1. The summed E-state index contributed by atoms with van der Waals surface area (Å²) in [7, 11) is 0. The maximum Gasteiger partial charge on any atom is 0.227 e. The minimum atomic E-state index is -0.555. The van der Waals surface area contributed by atoms with Crippen LogP contribution in [0.15, 0.2) is 4.52 Å². The average Bonchev–Trinajstić information content (AvgIpc) is 2.55. The van der Waals surface area contributed by atoms with E-state index in [0.29, 0.717) is 12.4 Å². The number of aryl methyl sites for hydroxylation is 2. The lowest BCUT2D eigenvalue weighted by atomic mass is 9.95. The molecule has 1 amide bonds. The molecule has 0 radical (unpaired) electrons. The summed E-state index contributed by atoms with van der Waals surface area (Å²) < 4.78 is 5.01. The predicted molar refractivity (Wildman–Crippen MR) is 62.3 cm³/mol. The minimum Gasteiger partial charge on any atom is -0.361 e. The molecule has 0 saturated heterocycles. The topological polar surface area (TPSA) is 55.1 Å². The van der Waals surface area contributed by atoms with Gasteiger partial charge in [0.2, 0.25) is 5.91 Å². The van der Waals surface area contributed by atoms with E-state index < -0.39 is 5.41 Å². The normalized spacial score (nSPS) is 11.6. The van der Waals surface area contributed by atoms with E-state index in [-0.39, 0.29) is 5.91 Å². The molecule has 16 heavy (non-hydrogen) atoms. The fraction of sp³-hybridized carbons (Fsp3) is 0.636. The van der Waals surface area contributed by atoms with E-state index in [2.05, 4.69) is 10.5 Å². The number of amides is 1. The molecule has 0 bridgehead atoms.